The van der Waals surface area contributed by atoms with E-state index >= 15 is 0 Å². The number of nitrogen functional groups attached to an aromatic ring is 1. The molecule has 1 fully saturated rings. The quantitative estimate of drug-likeness (QED) is 0.863. The van der Waals surface area contributed by atoms with Crippen LogP contribution in [0.5, 0.6) is 5.75 Å². The standard InChI is InChI=1S/C14H21ClN2O2/c1-10(2)17-5-6-18-12(8-17)9-19-14-7-11(16)3-4-13(14)15/h3-4,7,10,12H,5-6,8-9,16H2,1-2H3. The third kappa shape index (κ3) is 4.00. The van der Waals surface area contributed by atoms with E-state index < -0.39 is 0 Å². The smallest absolute Gasteiger partial charge is 0.140 e. The van der Waals surface area contributed by atoms with Crippen LogP contribution in [0.1, 0.15) is 13.8 Å². The fourth-order valence-electron chi connectivity index (χ4n) is 2.13. The Balaban J connectivity index is 1.89. The molecular formula is C14H21ClN2O2. The van der Waals surface area contributed by atoms with Crippen molar-refractivity contribution in [2.75, 3.05) is 32.0 Å². The van der Waals surface area contributed by atoms with E-state index in [1.165, 1.54) is 0 Å². The third-order valence-corrected chi connectivity index (χ3v) is 3.59. The van der Waals surface area contributed by atoms with Gasteiger partial charge in [0.2, 0.25) is 0 Å². The molecule has 0 bridgehead atoms. The van der Waals surface area contributed by atoms with Crippen molar-refractivity contribution in [2.24, 2.45) is 0 Å². The fraction of sp³-hybridized carbons (Fsp3) is 0.571. The van der Waals surface area contributed by atoms with Crippen LogP contribution in [-0.2, 0) is 4.74 Å². The monoisotopic (exact) mass is 284 g/mol. The SMILES string of the molecule is CC(C)N1CCOC(COc2cc(N)ccc2Cl)C1. The van der Waals surface area contributed by atoms with Gasteiger partial charge in [0, 0.05) is 30.9 Å². The topological polar surface area (TPSA) is 47.7 Å². The number of halogens is 1. The van der Waals surface area contributed by atoms with E-state index in [0.717, 1.165) is 19.7 Å². The zero-order valence-corrected chi connectivity index (χ0v) is 12.2. The zero-order valence-electron chi connectivity index (χ0n) is 11.4. The summed E-state index contributed by atoms with van der Waals surface area (Å²) in [7, 11) is 0. The van der Waals surface area contributed by atoms with Crippen molar-refractivity contribution in [3.05, 3.63) is 23.2 Å². The minimum atomic E-state index is 0.0775. The van der Waals surface area contributed by atoms with Crippen molar-refractivity contribution in [2.45, 2.75) is 26.0 Å². The van der Waals surface area contributed by atoms with Crippen molar-refractivity contribution >= 4 is 17.3 Å². The van der Waals surface area contributed by atoms with Crippen LogP contribution in [0, 0.1) is 0 Å². The second-order valence-corrected chi connectivity index (χ2v) is 5.49. The molecule has 0 amide bonds. The average Bonchev–Trinajstić information content (AvgIpc) is 2.40. The van der Waals surface area contributed by atoms with E-state index in [4.69, 9.17) is 26.8 Å². The zero-order chi connectivity index (χ0) is 13.8. The molecule has 1 aliphatic heterocycles. The summed E-state index contributed by atoms with van der Waals surface area (Å²) in [5.41, 5.74) is 6.37. The average molecular weight is 285 g/mol. The highest BCUT2D eigenvalue weighted by Crippen LogP contribution is 2.26. The maximum Gasteiger partial charge on any atom is 0.140 e. The molecule has 2 N–H and O–H groups in total. The Morgan fingerprint density at radius 1 is 1.53 bits per heavy atom. The Kier molecular flexibility index (Phi) is 4.91. The molecule has 4 nitrogen and oxygen atoms in total. The minimum absolute atomic E-state index is 0.0775. The summed E-state index contributed by atoms with van der Waals surface area (Å²) < 4.78 is 11.4. The molecule has 1 aliphatic rings. The first-order valence-corrected chi connectivity index (χ1v) is 6.97. The van der Waals surface area contributed by atoms with Gasteiger partial charge in [-0.3, -0.25) is 4.90 Å². The number of rotatable bonds is 4. The lowest BCUT2D eigenvalue weighted by Gasteiger charge is -2.35. The van der Waals surface area contributed by atoms with Crippen molar-refractivity contribution in [1.29, 1.82) is 0 Å². The van der Waals surface area contributed by atoms with Crippen LogP contribution in [0.25, 0.3) is 0 Å². The van der Waals surface area contributed by atoms with Gasteiger partial charge >= 0.3 is 0 Å². The highest BCUT2D eigenvalue weighted by molar-refractivity contribution is 6.32. The Hall–Kier alpha value is -0.970. The van der Waals surface area contributed by atoms with Crippen LogP contribution in [0.4, 0.5) is 5.69 Å². The van der Waals surface area contributed by atoms with Crippen LogP contribution in [-0.4, -0.2) is 43.3 Å². The van der Waals surface area contributed by atoms with Crippen LogP contribution in [0.3, 0.4) is 0 Å². The summed E-state index contributed by atoms with van der Waals surface area (Å²) in [6.07, 6.45) is 0.0775. The maximum atomic E-state index is 6.06. The molecule has 1 unspecified atom stereocenters. The van der Waals surface area contributed by atoms with Gasteiger partial charge in [-0.05, 0) is 26.0 Å². The molecule has 0 radical (unpaired) electrons. The van der Waals surface area contributed by atoms with Crippen LogP contribution in [0.2, 0.25) is 5.02 Å². The number of hydrogen-bond acceptors (Lipinski definition) is 4. The number of ether oxygens (including phenoxy) is 2. The lowest BCUT2D eigenvalue weighted by Crippen LogP contribution is -2.47. The summed E-state index contributed by atoms with van der Waals surface area (Å²) in [5.74, 6) is 0.618. The first kappa shape index (κ1) is 14.4. The summed E-state index contributed by atoms with van der Waals surface area (Å²) in [6, 6.07) is 5.77. The summed E-state index contributed by atoms with van der Waals surface area (Å²) in [4.78, 5) is 2.39. The van der Waals surface area contributed by atoms with E-state index in [1.807, 2.05) is 0 Å². The van der Waals surface area contributed by atoms with Gasteiger partial charge < -0.3 is 15.2 Å². The molecule has 0 aromatic heterocycles. The molecule has 106 valence electrons. The van der Waals surface area contributed by atoms with E-state index in [1.54, 1.807) is 18.2 Å². The molecule has 1 atom stereocenters. The predicted octanol–water partition coefficient (Wildman–Crippen LogP) is 2.41. The molecule has 19 heavy (non-hydrogen) atoms. The Morgan fingerprint density at radius 2 is 2.32 bits per heavy atom. The number of benzene rings is 1. The van der Waals surface area contributed by atoms with Gasteiger partial charge in [-0.25, -0.2) is 0 Å². The van der Waals surface area contributed by atoms with E-state index in [0.29, 0.717) is 29.1 Å². The molecule has 0 aliphatic carbocycles. The maximum absolute atomic E-state index is 6.06. The molecule has 1 saturated heterocycles. The highest BCUT2D eigenvalue weighted by atomic mass is 35.5. The van der Waals surface area contributed by atoms with Crippen molar-refractivity contribution in [3.63, 3.8) is 0 Å². The molecule has 2 rings (SSSR count). The van der Waals surface area contributed by atoms with E-state index in [-0.39, 0.29) is 6.10 Å². The molecular weight excluding hydrogens is 264 g/mol. The van der Waals surface area contributed by atoms with Crippen molar-refractivity contribution < 1.29 is 9.47 Å². The fourth-order valence-corrected chi connectivity index (χ4v) is 2.30. The van der Waals surface area contributed by atoms with Crippen molar-refractivity contribution in [1.82, 2.24) is 4.90 Å². The summed E-state index contributed by atoms with van der Waals surface area (Å²) in [5, 5.41) is 0.575. The number of morpholine rings is 1. The van der Waals surface area contributed by atoms with Crippen LogP contribution in [0.15, 0.2) is 18.2 Å². The van der Waals surface area contributed by atoms with Gasteiger partial charge in [0.1, 0.15) is 18.5 Å². The minimum Gasteiger partial charge on any atom is -0.489 e. The van der Waals surface area contributed by atoms with E-state index in [2.05, 4.69) is 18.7 Å². The Bertz CT molecular complexity index is 426. The molecule has 0 saturated carbocycles. The molecule has 1 heterocycles. The normalized spacial score (nSPS) is 20.7. The number of anilines is 1. The Morgan fingerprint density at radius 3 is 3.05 bits per heavy atom. The molecule has 1 aromatic rings. The van der Waals surface area contributed by atoms with E-state index in [9.17, 15) is 0 Å². The first-order chi connectivity index (χ1) is 9.06. The number of hydrogen-bond donors (Lipinski definition) is 1. The lowest BCUT2D eigenvalue weighted by atomic mass is 10.2. The largest absolute Gasteiger partial charge is 0.489 e. The molecule has 1 aromatic carbocycles. The number of nitrogens with two attached hydrogens (primary N) is 1. The highest BCUT2D eigenvalue weighted by Gasteiger charge is 2.22. The van der Waals surface area contributed by atoms with Gasteiger partial charge in [-0.2, -0.15) is 0 Å². The predicted molar refractivity (Wildman–Crippen MR) is 77.8 cm³/mol. The van der Waals surface area contributed by atoms with Gasteiger partial charge in [-0.15, -0.1) is 0 Å². The first-order valence-electron chi connectivity index (χ1n) is 6.59. The summed E-state index contributed by atoms with van der Waals surface area (Å²) in [6.45, 7) is 7.49. The second-order valence-electron chi connectivity index (χ2n) is 5.08. The molecule has 5 heteroatoms. The Labute approximate surface area is 119 Å². The van der Waals surface area contributed by atoms with Gasteiger partial charge in [0.15, 0.2) is 0 Å². The molecule has 0 spiro atoms. The summed E-state index contributed by atoms with van der Waals surface area (Å²) >= 11 is 6.06. The van der Waals surface area contributed by atoms with Crippen LogP contribution >= 0.6 is 11.6 Å². The van der Waals surface area contributed by atoms with Crippen molar-refractivity contribution in [3.8, 4) is 5.75 Å². The third-order valence-electron chi connectivity index (χ3n) is 3.28. The van der Waals surface area contributed by atoms with Gasteiger partial charge in [0.05, 0.1) is 11.6 Å². The second kappa shape index (κ2) is 6.46. The van der Waals surface area contributed by atoms with Gasteiger partial charge in [0.25, 0.3) is 0 Å². The van der Waals surface area contributed by atoms with Crippen LogP contribution < -0.4 is 10.5 Å². The van der Waals surface area contributed by atoms with Gasteiger partial charge in [-0.1, -0.05) is 11.6 Å². The lowest BCUT2D eigenvalue weighted by molar-refractivity contribution is -0.0564. The number of nitrogens with zero attached hydrogens (tertiary/aromatic N) is 1.